The monoisotopic (exact) mass is 1240 g/mol. The number of pyridine rings is 1. The Morgan fingerprint density at radius 2 is 1.28 bits per heavy atom. The second-order valence-corrected chi connectivity index (χ2v) is 20.1. The number of allylic oxidation sites excluding steroid dienone is 1. The molecule has 0 saturated heterocycles. The fraction of sp³-hybridized carbons (Fsp3) is 0.185. The van der Waals surface area contributed by atoms with E-state index in [4.69, 9.17) is 23.7 Å². The van der Waals surface area contributed by atoms with Crippen LogP contribution in [0.4, 0.5) is 0 Å². The van der Waals surface area contributed by atoms with Crippen LogP contribution in [0.25, 0.3) is 39.1 Å². The topological polar surface area (TPSA) is 471 Å². The first kappa shape index (κ1) is 64.4. The van der Waals surface area contributed by atoms with Gasteiger partial charge in [-0.25, -0.2) is 29.9 Å². The van der Waals surface area contributed by atoms with Gasteiger partial charge in [-0.15, -0.1) is 22.7 Å². The number of carbonyl (C=O) groups is 10. The van der Waals surface area contributed by atoms with Gasteiger partial charge < -0.3 is 81.8 Å². The lowest BCUT2D eigenvalue weighted by Gasteiger charge is -2.21. The highest BCUT2D eigenvalue weighted by molar-refractivity contribution is 7.13. The standard InChI is InChI=1S/C54H52N16O16S2/c1-12-29-50-68-36(26(9)85-50)47(81)59-23(6)42(76)60-24(7)49-64-32(16-84-49)38-28(13-14-30(61-38)43(77)58-22(5)41(75)57-21(4)40(74)56-20(3)39(55)73)53-65-34(17-87-53)45(79)67-35(25(8)72)46(80)63-31(15-19(2)71)51-69-37(27(10)86-51)48(82)70-52(83-11)54-66-33(18-88-54)44(78)62-29/h12-19,25,35,52,71-72H,3-7H2,1-2,8-11H3,(H2,55,73)(H,56,74)(H,57,75)(H,58,77)(H,59,81)(H,60,76)(H,62,78)(H,63,80)(H,67,79)(H,70,82)/b29-12-,31-15-/t19-,25-,35-,52-/m1/s1. The second-order valence-electron chi connectivity index (χ2n) is 18.4. The fourth-order valence-corrected chi connectivity index (χ4v) is 8.98. The lowest BCUT2D eigenvalue weighted by atomic mass is 10.1. The Hall–Kier alpha value is -11.2. The molecule has 6 aromatic heterocycles. The number of nitrogens with zero attached hydrogens (tertiary/aromatic N) is 6. The van der Waals surface area contributed by atoms with Crippen LogP contribution in [-0.2, 0) is 28.7 Å². The van der Waals surface area contributed by atoms with Gasteiger partial charge in [0.15, 0.2) is 17.6 Å². The predicted octanol–water partition coefficient (Wildman–Crippen LogP) is 1.13. The molecule has 32 nitrogen and oxygen atoms in total. The van der Waals surface area contributed by atoms with E-state index in [9.17, 15) is 58.2 Å². The van der Waals surface area contributed by atoms with Crippen LogP contribution in [0.1, 0.15) is 114 Å². The molecule has 10 amide bonds. The number of nitrogens with one attached hydrogen (secondary N) is 9. The third kappa shape index (κ3) is 15.0. The SMILES string of the molecule is C=C(NC(=O)C(=C)NC(=O)C(=C)NC(=O)c1ccc2c(n1)-c1coc(n1)C(=C)NC(=O)C(=C)NC(=O)c1nc(oc1C)/C(=C/C)NC(=O)c1csc(n1)[C@@H](OC)NC(=O)c1nc(oc1C)/C(=C/[C@@H](C)O)NC(=O)[C@@H]([C@@H](C)O)NC(=O)c1csc-2n1)C(N)=O. The first-order chi connectivity index (χ1) is 41.6. The number of nitrogens with two attached hydrogens (primary N) is 1. The van der Waals surface area contributed by atoms with Crippen molar-refractivity contribution in [3.8, 4) is 22.0 Å². The van der Waals surface area contributed by atoms with Crippen molar-refractivity contribution in [3.63, 3.8) is 0 Å². The summed E-state index contributed by atoms with van der Waals surface area (Å²) in [5.74, 6) is -11.1. The molecule has 456 valence electrons. The van der Waals surface area contributed by atoms with Gasteiger partial charge >= 0.3 is 0 Å². The molecule has 0 spiro atoms. The summed E-state index contributed by atoms with van der Waals surface area (Å²) >= 11 is 1.80. The molecule has 1 aliphatic heterocycles. The number of aromatic nitrogens is 6. The Labute approximate surface area is 504 Å². The van der Waals surface area contributed by atoms with Crippen LogP contribution in [-0.4, -0.2) is 125 Å². The molecule has 88 heavy (non-hydrogen) atoms. The van der Waals surface area contributed by atoms with Crippen molar-refractivity contribution in [1.29, 1.82) is 0 Å². The minimum Gasteiger partial charge on any atom is -0.443 e. The van der Waals surface area contributed by atoms with Crippen LogP contribution < -0.4 is 53.6 Å². The van der Waals surface area contributed by atoms with E-state index in [2.05, 4.69) is 105 Å². The summed E-state index contributed by atoms with van der Waals surface area (Å²) in [4.78, 5) is 159. The quantitative estimate of drug-likeness (QED) is 0.0855. The Morgan fingerprint density at radius 1 is 0.682 bits per heavy atom. The molecule has 7 rings (SSSR count). The van der Waals surface area contributed by atoms with Gasteiger partial charge in [0.1, 0.15) is 73.7 Å². The summed E-state index contributed by atoms with van der Waals surface area (Å²) in [5, 5.41) is 45.2. The number of aryl methyl sites for hydroxylation is 2. The minimum absolute atomic E-state index is 0.00328. The predicted molar refractivity (Wildman–Crippen MR) is 309 cm³/mol. The lowest BCUT2D eigenvalue weighted by Crippen LogP contribution is -2.52. The summed E-state index contributed by atoms with van der Waals surface area (Å²) < 4.78 is 22.7. The summed E-state index contributed by atoms with van der Waals surface area (Å²) in [6.07, 6.45) is -0.570. The molecule has 0 radical (unpaired) electrons. The Morgan fingerprint density at radius 3 is 1.91 bits per heavy atom. The number of hydrogen-bond acceptors (Lipinski definition) is 24. The van der Waals surface area contributed by atoms with Crippen LogP contribution in [0.3, 0.4) is 0 Å². The van der Waals surface area contributed by atoms with Gasteiger partial charge in [-0.05, 0) is 52.8 Å². The molecule has 10 bridgehead atoms. The number of ether oxygens (including phenoxy) is 1. The van der Waals surface area contributed by atoms with Gasteiger partial charge in [-0.2, -0.15) is 0 Å². The maximum Gasteiger partial charge on any atom is 0.278 e. The maximum absolute atomic E-state index is 14.0. The van der Waals surface area contributed by atoms with Crippen LogP contribution >= 0.6 is 22.7 Å². The zero-order chi connectivity index (χ0) is 64.6. The molecule has 0 saturated carbocycles. The number of oxazole rings is 3. The van der Waals surface area contributed by atoms with E-state index in [1.54, 1.807) is 6.92 Å². The number of methoxy groups -OCH3 is 1. The van der Waals surface area contributed by atoms with Crippen molar-refractivity contribution in [2.45, 2.75) is 59.1 Å². The van der Waals surface area contributed by atoms with E-state index in [-0.39, 0.29) is 96.0 Å². The minimum atomic E-state index is -1.74. The normalized spacial score (nSPS) is 17.0. The van der Waals surface area contributed by atoms with E-state index >= 15 is 0 Å². The van der Waals surface area contributed by atoms with Crippen LogP contribution in [0, 0.1) is 13.8 Å². The highest BCUT2D eigenvalue weighted by atomic mass is 32.1. The third-order valence-corrected chi connectivity index (χ3v) is 13.5. The van der Waals surface area contributed by atoms with Gasteiger partial charge in [0, 0.05) is 23.4 Å². The van der Waals surface area contributed by atoms with Crippen molar-refractivity contribution < 1.29 is 76.1 Å². The van der Waals surface area contributed by atoms with E-state index in [0.29, 0.717) is 0 Å². The van der Waals surface area contributed by atoms with E-state index in [1.165, 1.54) is 63.8 Å². The largest absolute Gasteiger partial charge is 0.443 e. The molecule has 7 heterocycles. The third-order valence-electron chi connectivity index (χ3n) is 11.8. The zero-order valence-electron chi connectivity index (χ0n) is 47.1. The molecule has 0 aliphatic carbocycles. The Kier molecular flexibility index (Phi) is 19.9. The number of hydrogen-bond donors (Lipinski definition) is 12. The molecule has 34 heteroatoms. The molecule has 4 atom stereocenters. The fourth-order valence-electron chi connectivity index (χ4n) is 7.34. The molecule has 6 aromatic rings. The summed E-state index contributed by atoms with van der Waals surface area (Å²) in [7, 11) is 1.25. The number of rotatable bonds is 10. The summed E-state index contributed by atoms with van der Waals surface area (Å²) in [6, 6.07) is 0.772. The van der Waals surface area contributed by atoms with Crippen molar-refractivity contribution in [1.82, 2.24) is 77.8 Å². The Balaban J connectivity index is 1.23. The van der Waals surface area contributed by atoms with E-state index in [0.717, 1.165) is 35.0 Å². The summed E-state index contributed by atoms with van der Waals surface area (Å²) in [5.41, 5.74) is 0.510. The first-order valence-corrected chi connectivity index (χ1v) is 27.0. The van der Waals surface area contributed by atoms with Gasteiger partial charge in [-0.1, -0.05) is 39.0 Å². The molecular formula is C54H52N16O16S2. The number of thiazole rings is 2. The highest BCUT2D eigenvalue weighted by Gasteiger charge is 2.32. The van der Waals surface area contributed by atoms with Crippen LogP contribution in [0.5, 0.6) is 0 Å². The number of aliphatic hydroxyl groups is 2. The average Bonchev–Trinajstić information content (AvgIpc) is 2.95. The van der Waals surface area contributed by atoms with Gasteiger partial charge in [0.2, 0.25) is 23.6 Å². The van der Waals surface area contributed by atoms with Crippen molar-refractivity contribution in [3.05, 3.63) is 160 Å². The van der Waals surface area contributed by atoms with Gasteiger partial charge in [0.05, 0.1) is 40.7 Å². The molecule has 0 fully saturated rings. The number of primary amides is 1. The molecular weight excluding hydrogens is 1190 g/mol. The lowest BCUT2D eigenvalue weighted by molar-refractivity contribution is -0.124. The Bertz CT molecular complexity index is 4030. The molecule has 0 aromatic carbocycles. The smallest absolute Gasteiger partial charge is 0.278 e. The van der Waals surface area contributed by atoms with E-state index in [1.807, 2.05) is 5.32 Å². The van der Waals surface area contributed by atoms with Crippen molar-refractivity contribution in [2.24, 2.45) is 5.73 Å². The highest BCUT2D eigenvalue weighted by Crippen LogP contribution is 2.34. The molecule has 13 N–H and O–H groups in total. The number of amides is 10. The van der Waals surface area contributed by atoms with E-state index < -0.39 is 112 Å². The van der Waals surface area contributed by atoms with Crippen LogP contribution in [0.2, 0.25) is 0 Å². The summed E-state index contributed by atoms with van der Waals surface area (Å²) in [6.45, 7) is 24.5. The first-order valence-electron chi connectivity index (χ1n) is 25.2. The second kappa shape index (κ2) is 27.2. The van der Waals surface area contributed by atoms with Gasteiger partial charge in [0.25, 0.3) is 53.2 Å². The molecule has 0 unspecified atom stereocenters. The maximum atomic E-state index is 14.0. The van der Waals surface area contributed by atoms with Crippen LogP contribution in [0.15, 0.2) is 110 Å². The van der Waals surface area contributed by atoms with Crippen molar-refractivity contribution >= 4 is 98.8 Å². The number of carbonyl (C=O) groups excluding carboxylic acids is 10. The van der Waals surface area contributed by atoms with Gasteiger partial charge in [-0.3, -0.25) is 47.9 Å². The molecule has 1 aliphatic rings. The average molecular weight is 1250 g/mol. The van der Waals surface area contributed by atoms with Crippen molar-refractivity contribution in [2.75, 3.05) is 7.11 Å². The number of aliphatic hydroxyl groups excluding tert-OH is 2. The number of fused-ring (bicyclic) bond motifs is 13. The zero-order valence-corrected chi connectivity index (χ0v) is 48.7.